The summed E-state index contributed by atoms with van der Waals surface area (Å²) in [5, 5.41) is 11.3. The van der Waals surface area contributed by atoms with Gasteiger partial charge in [0.1, 0.15) is 12.1 Å². The summed E-state index contributed by atoms with van der Waals surface area (Å²) in [7, 11) is 0. The molecule has 1 heterocycles. The van der Waals surface area contributed by atoms with Gasteiger partial charge < -0.3 is 14.3 Å². The number of aromatic nitrogens is 1. The second kappa shape index (κ2) is 6.18. The molecular weight excluding hydrogens is 300 g/mol. The number of carbonyl (C=O) groups is 2. The zero-order valence-electron chi connectivity index (χ0n) is 11.9. The Morgan fingerprint density at radius 2 is 1.96 bits per heavy atom. The van der Waals surface area contributed by atoms with E-state index in [1.54, 1.807) is 0 Å². The standard InChI is InChI=1S/C16H12N2O5/c19-14(20)11-6-7-12-13(8-11)23-15(17-12)18-16(21)22-9-10-4-2-1-3-5-10/h1-8H,9H2,(H,19,20)(H,17,18,21). The van der Waals surface area contributed by atoms with Crippen LogP contribution in [-0.4, -0.2) is 22.2 Å². The van der Waals surface area contributed by atoms with E-state index in [0.29, 0.717) is 5.52 Å². The lowest BCUT2D eigenvalue weighted by Crippen LogP contribution is -2.13. The van der Waals surface area contributed by atoms with Gasteiger partial charge >= 0.3 is 18.1 Å². The van der Waals surface area contributed by atoms with Gasteiger partial charge in [0, 0.05) is 0 Å². The minimum atomic E-state index is -1.07. The topological polar surface area (TPSA) is 102 Å². The molecule has 0 radical (unpaired) electrons. The number of aromatic carboxylic acids is 1. The van der Waals surface area contributed by atoms with Crippen molar-refractivity contribution < 1.29 is 23.8 Å². The second-order valence-electron chi connectivity index (χ2n) is 4.69. The van der Waals surface area contributed by atoms with Crippen LogP contribution in [0.15, 0.2) is 52.9 Å². The fourth-order valence-corrected chi connectivity index (χ4v) is 1.96. The molecule has 0 spiro atoms. The second-order valence-corrected chi connectivity index (χ2v) is 4.69. The summed E-state index contributed by atoms with van der Waals surface area (Å²) < 4.78 is 10.3. The highest BCUT2D eigenvalue weighted by molar-refractivity contribution is 5.92. The third-order valence-electron chi connectivity index (χ3n) is 3.06. The molecule has 0 aliphatic carbocycles. The van der Waals surface area contributed by atoms with Crippen LogP contribution < -0.4 is 5.32 Å². The van der Waals surface area contributed by atoms with Crippen LogP contribution in [0.5, 0.6) is 0 Å². The van der Waals surface area contributed by atoms with Crippen molar-refractivity contribution in [3.8, 4) is 0 Å². The van der Waals surface area contributed by atoms with Gasteiger partial charge in [-0.05, 0) is 23.8 Å². The van der Waals surface area contributed by atoms with Crippen LogP contribution in [0.1, 0.15) is 15.9 Å². The molecule has 0 saturated carbocycles. The lowest BCUT2D eigenvalue weighted by Gasteiger charge is -2.03. The van der Waals surface area contributed by atoms with Crippen LogP contribution in [0.4, 0.5) is 10.8 Å². The summed E-state index contributed by atoms with van der Waals surface area (Å²) in [5.74, 6) is -1.07. The van der Waals surface area contributed by atoms with Crippen LogP contribution in [0.3, 0.4) is 0 Å². The highest BCUT2D eigenvalue weighted by atomic mass is 16.6. The molecule has 3 rings (SSSR count). The number of ether oxygens (including phenoxy) is 1. The smallest absolute Gasteiger partial charge is 0.415 e. The third kappa shape index (κ3) is 3.46. The molecule has 0 aliphatic rings. The van der Waals surface area contributed by atoms with Gasteiger partial charge in [0.25, 0.3) is 0 Å². The van der Waals surface area contributed by atoms with E-state index in [1.165, 1.54) is 18.2 Å². The molecule has 2 N–H and O–H groups in total. The van der Waals surface area contributed by atoms with Crippen molar-refractivity contribution in [2.24, 2.45) is 0 Å². The van der Waals surface area contributed by atoms with E-state index in [9.17, 15) is 9.59 Å². The van der Waals surface area contributed by atoms with Gasteiger partial charge in [-0.2, -0.15) is 4.98 Å². The van der Waals surface area contributed by atoms with Crippen molar-refractivity contribution >= 4 is 29.2 Å². The maximum absolute atomic E-state index is 11.7. The Balaban J connectivity index is 1.66. The van der Waals surface area contributed by atoms with Crippen LogP contribution >= 0.6 is 0 Å². The van der Waals surface area contributed by atoms with Crippen LogP contribution in [0.2, 0.25) is 0 Å². The van der Waals surface area contributed by atoms with Crippen LogP contribution in [-0.2, 0) is 11.3 Å². The molecule has 2 aromatic carbocycles. The first kappa shape index (κ1) is 14.6. The van der Waals surface area contributed by atoms with Gasteiger partial charge in [0.05, 0.1) is 5.56 Å². The number of hydrogen-bond acceptors (Lipinski definition) is 5. The number of carboxylic acid groups (broad SMARTS) is 1. The maximum Gasteiger partial charge on any atom is 0.415 e. The molecule has 0 saturated heterocycles. The van der Waals surface area contributed by atoms with Crippen molar-refractivity contribution in [2.45, 2.75) is 6.61 Å². The summed E-state index contributed by atoms with van der Waals surface area (Å²) >= 11 is 0. The van der Waals surface area contributed by atoms with Crippen molar-refractivity contribution in [3.05, 3.63) is 59.7 Å². The quantitative estimate of drug-likeness (QED) is 0.766. The highest BCUT2D eigenvalue weighted by Crippen LogP contribution is 2.20. The van der Waals surface area contributed by atoms with E-state index in [0.717, 1.165) is 5.56 Å². The number of rotatable bonds is 4. The zero-order chi connectivity index (χ0) is 16.2. The van der Waals surface area contributed by atoms with Crippen molar-refractivity contribution in [2.75, 3.05) is 5.32 Å². The number of benzene rings is 2. The molecule has 0 unspecified atom stereocenters. The maximum atomic E-state index is 11.7. The van der Waals surface area contributed by atoms with E-state index in [4.69, 9.17) is 14.3 Å². The Morgan fingerprint density at radius 3 is 2.70 bits per heavy atom. The summed E-state index contributed by atoms with van der Waals surface area (Å²) in [5.41, 5.74) is 1.63. The van der Waals surface area contributed by atoms with Gasteiger partial charge in [-0.15, -0.1) is 0 Å². The third-order valence-corrected chi connectivity index (χ3v) is 3.06. The SMILES string of the molecule is O=C(Nc1nc2ccc(C(=O)O)cc2o1)OCc1ccccc1. The average Bonchev–Trinajstić information content (AvgIpc) is 2.95. The number of hydrogen-bond donors (Lipinski definition) is 2. The summed E-state index contributed by atoms with van der Waals surface area (Å²) in [6.45, 7) is 0.121. The molecule has 0 fully saturated rings. The largest absolute Gasteiger partial charge is 0.478 e. The van der Waals surface area contributed by atoms with Crippen molar-refractivity contribution in [3.63, 3.8) is 0 Å². The summed E-state index contributed by atoms with van der Waals surface area (Å²) in [4.78, 5) is 26.6. The van der Waals surface area contributed by atoms with Crippen molar-refractivity contribution in [1.82, 2.24) is 4.98 Å². The number of oxazole rings is 1. The average molecular weight is 312 g/mol. The predicted octanol–water partition coefficient (Wildman–Crippen LogP) is 3.27. The summed E-state index contributed by atoms with van der Waals surface area (Å²) in [6, 6.07) is 13.4. The first-order chi connectivity index (χ1) is 11.1. The molecule has 7 heteroatoms. The Kier molecular flexibility index (Phi) is 3.92. The van der Waals surface area contributed by atoms with E-state index in [2.05, 4.69) is 10.3 Å². The van der Waals surface area contributed by atoms with Crippen LogP contribution in [0.25, 0.3) is 11.1 Å². The lowest BCUT2D eigenvalue weighted by atomic mass is 10.2. The molecule has 3 aromatic rings. The van der Waals surface area contributed by atoms with E-state index < -0.39 is 12.1 Å². The highest BCUT2D eigenvalue weighted by Gasteiger charge is 2.12. The number of anilines is 1. The first-order valence-electron chi connectivity index (χ1n) is 6.73. The number of carboxylic acids is 1. The number of amides is 1. The molecule has 23 heavy (non-hydrogen) atoms. The van der Waals surface area contributed by atoms with Crippen molar-refractivity contribution in [1.29, 1.82) is 0 Å². The number of nitrogens with zero attached hydrogens (tertiary/aromatic N) is 1. The molecule has 0 atom stereocenters. The fourth-order valence-electron chi connectivity index (χ4n) is 1.96. The Bertz CT molecular complexity index is 857. The Labute approximate surface area is 130 Å². The number of nitrogens with one attached hydrogen (secondary N) is 1. The van der Waals surface area contributed by atoms with Gasteiger partial charge in [0.15, 0.2) is 5.58 Å². The Morgan fingerprint density at radius 1 is 1.17 bits per heavy atom. The zero-order valence-corrected chi connectivity index (χ0v) is 11.9. The van der Waals surface area contributed by atoms with E-state index in [1.807, 2.05) is 30.3 Å². The molecule has 0 aliphatic heterocycles. The first-order valence-corrected chi connectivity index (χ1v) is 6.73. The van der Waals surface area contributed by atoms with Gasteiger partial charge in [0.2, 0.25) is 0 Å². The Hall–Kier alpha value is -3.35. The van der Waals surface area contributed by atoms with E-state index >= 15 is 0 Å². The normalized spacial score (nSPS) is 10.4. The molecule has 7 nitrogen and oxygen atoms in total. The lowest BCUT2D eigenvalue weighted by molar-refractivity contribution is 0.0697. The van der Waals surface area contributed by atoms with Gasteiger partial charge in [-0.3, -0.25) is 0 Å². The monoisotopic (exact) mass is 312 g/mol. The molecule has 1 aromatic heterocycles. The minimum Gasteiger partial charge on any atom is -0.478 e. The van der Waals surface area contributed by atoms with Gasteiger partial charge in [-0.25, -0.2) is 14.9 Å². The number of carbonyl (C=O) groups excluding carboxylic acids is 1. The molecule has 1 amide bonds. The minimum absolute atomic E-state index is 0.0550. The molecular formula is C16H12N2O5. The number of fused-ring (bicyclic) bond motifs is 1. The molecule has 116 valence electrons. The van der Waals surface area contributed by atoms with Gasteiger partial charge in [-0.1, -0.05) is 30.3 Å². The van der Waals surface area contributed by atoms with E-state index in [-0.39, 0.29) is 23.8 Å². The van der Waals surface area contributed by atoms with Crippen LogP contribution in [0, 0.1) is 0 Å². The summed E-state index contributed by atoms with van der Waals surface area (Å²) in [6.07, 6.45) is -0.709. The fraction of sp³-hybridized carbons (Fsp3) is 0.0625. The predicted molar refractivity (Wildman–Crippen MR) is 81.2 cm³/mol. The molecule has 0 bridgehead atoms.